The Balaban J connectivity index is 1.54. The lowest BCUT2D eigenvalue weighted by Crippen LogP contribution is -2.41. The molecule has 1 N–H and O–H groups in total. The standard InChI is InChI=1S/C18H25FN2O3/c1-13(23)20-8-5-15(6-9-20)24-16-7-10-21(11-16)17-4-2-3-14(12-22)18(17)19/h2-4,15-16,22H,5-12H2,1H3/t16-/m1/s1. The number of carbonyl (C=O) groups excluding carboxylic acids is 1. The molecule has 2 fully saturated rings. The summed E-state index contributed by atoms with van der Waals surface area (Å²) in [5.74, 6) is -0.213. The van der Waals surface area contributed by atoms with Crippen molar-refractivity contribution in [1.29, 1.82) is 0 Å². The highest BCUT2D eigenvalue weighted by atomic mass is 19.1. The van der Waals surface area contributed by atoms with E-state index in [2.05, 4.69) is 0 Å². The van der Waals surface area contributed by atoms with Gasteiger partial charge in [0, 0.05) is 38.7 Å². The van der Waals surface area contributed by atoms with Crippen molar-refractivity contribution in [3.05, 3.63) is 29.6 Å². The van der Waals surface area contributed by atoms with Gasteiger partial charge in [0.15, 0.2) is 5.82 Å². The van der Waals surface area contributed by atoms with Crippen LogP contribution in [0.3, 0.4) is 0 Å². The van der Waals surface area contributed by atoms with Crippen LogP contribution in [0.1, 0.15) is 31.7 Å². The van der Waals surface area contributed by atoms with Crippen molar-refractivity contribution in [2.45, 2.75) is 45.0 Å². The van der Waals surface area contributed by atoms with E-state index >= 15 is 0 Å². The molecule has 0 bridgehead atoms. The average molecular weight is 336 g/mol. The van der Waals surface area contributed by atoms with Gasteiger partial charge in [0.05, 0.1) is 24.5 Å². The Hall–Kier alpha value is -1.66. The quantitative estimate of drug-likeness (QED) is 0.913. The highest BCUT2D eigenvalue weighted by Crippen LogP contribution is 2.28. The van der Waals surface area contributed by atoms with Crippen LogP contribution in [0.15, 0.2) is 18.2 Å². The molecule has 2 heterocycles. The molecule has 0 radical (unpaired) electrons. The Morgan fingerprint density at radius 3 is 2.62 bits per heavy atom. The van der Waals surface area contributed by atoms with Crippen molar-refractivity contribution in [1.82, 2.24) is 4.90 Å². The average Bonchev–Trinajstić information content (AvgIpc) is 3.04. The summed E-state index contributed by atoms with van der Waals surface area (Å²) in [5.41, 5.74) is 0.868. The van der Waals surface area contributed by atoms with Crippen LogP contribution in [-0.2, 0) is 16.1 Å². The van der Waals surface area contributed by atoms with Crippen LogP contribution in [0.25, 0.3) is 0 Å². The lowest BCUT2D eigenvalue weighted by molar-refractivity contribution is -0.132. The van der Waals surface area contributed by atoms with Gasteiger partial charge in [0.25, 0.3) is 0 Å². The Labute approximate surface area is 142 Å². The zero-order chi connectivity index (χ0) is 17.1. The van der Waals surface area contributed by atoms with Gasteiger partial charge in [0.1, 0.15) is 0 Å². The van der Waals surface area contributed by atoms with E-state index in [1.807, 2.05) is 9.80 Å². The summed E-state index contributed by atoms with van der Waals surface area (Å²) in [6.07, 6.45) is 2.88. The first-order valence-corrected chi connectivity index (χ1v) is 8.62. The second-order valence-corrected chi connectivity index (χ2v) is 6.61. The molecule has 0 spiro atoms. The number of piperidine rings is 1. The summed E-state index contributed by atoms with van der Waals surface area (Å²) < 4.78 is 20.5. The summed E-state index contributed by atoms with van der Waals surface area (Å²) in [6, 6.07) is 5.13. The normalized spacial score (nSPS) is 22.2. The van der Waals surface area contributed by atoms with E-state index in [-0.39, 0.29) is 30.5 Å². The number of hydrogen-bond donors (Lipinski definition) is 1. The number of benzene rings is 1. The van der Waals surface area contributed by atoms with Gasteiger partial charge >= 0.3 is 0 Å². The smallest absolute Gasteiger partial charge is 0.219 e. The fourth-order valence-electron chi connectivity index (χ4n) is 3.57. The predicted molar refractivity (Wildman–Crippen MR) is 89.3 cm³/mol. The Morgan fingerprint density at radius 1 is 1.25 bits per heavy atom. The van der Waals surface area contributed by atoms with Gasteiger partial charge in [0.2, 0.25) is 5.91 Å². The van der Waals surface area contributed by atoms with Gasteiger partial charge in [-0.3, -0.25) is 4.79 Å². The van der Waals surface area contributed by atoms with Gasteiger partial charge in [-0.2, -0.15) is 0 Å². The minimum Gasteiger partial charge on any atom is -0.392 e. The molecule has 5 nitrogen and oxygen atoms in total. The molecule has 2 aliphatic heterocycles. The van der Waals surface area contributed by atoms with Crippen LogP contribution in [0.4, 0.5) is 10.1 Å². The molecule has 24 heavy (non-hydrogen) atoms. The van der Waals surface area contributed by atoms with Gasteiger partial charge in [-0.15, -0.1) is 0 Å². The summed E-state index contributed by atoms with van der Waals surface area (Å²) in [7, 11) is 0. The minimum absolute atomic E-state index is 0.0936. The maximum Gasteiger partial charge on any atom is 0.219 e. The fourth-order valence-corrected chi connectivity index (χ4v) is 3.57. The predicted octanol–water partition coefficient (Wildman–Crippen LogP) is 1.92. The molecule has 2 aliphatic rings. The van der Waals surface area contributed by atoms with Crippen LogP contribution in [-0.4, -0.2) is 54.3 Å². The molecular formula is C18H25FN2O3. The number of nitrogens with zero attached hydrogens (tertiary/aromatic N) is 2. The van der Waals surface area contributed by atoms with Crippen molar-refractivity contribution in [3.63, 3.8) is 0 Å². The molecule has 1 amide bonds. The molecule has 6 heteroatoms. The summed E-state index contributed by atoms with van der Waals surface area (Å²) in [5, 5.41) is 9.20. The van der Waals surface area contributed by atoms with Crippen LogP contribution in [0.5, 0.6) is 0 Å². The third kappa shape index (κ3) is 3.70. The highest BCUT2D eigenvalue weighted by Gasteiger charge is 2.29. The summed E-state index contributed by atoms with van der Waals surface area (Å²) in [4.78, 5) is 15.2. The topological polar surface area (TPSA) is 53.0 Å². The van der Waals surface area contributed by atoms with E-state index < -0.39 is 0 Å². The summed E-state index contributed by atoms with van der Waals surface area (Å²) >= 11 is 0. The third-order valence-corrected chi connectivity index (χ3v) is 4.99. The molecule has 2 saturated heterocycles. The van der Waals surface area contributed by atoms with Gasteiger partial charge in [-0.1, -0.05) is 12.1 Å². The van der Waals surface area contributed by atoms with Crippen molar-refractivity contribution < 1.29 is 19.0 Å². The minimum atomic E-state index is -0.338. The van der Waals surface area contributed by atoms with E-state index in [0.29, 0.717) is 17.8 Å². The van der Waals surface area contributed by atoms with Crippen LogP contribution >= 0.6 is 0 Å². The molecular weight excluding hydrogens is 311 g/mol. The number of amides is 1. The highest BCUT2D eigenvalue weighted by molar-refractivity contribution is 5.73. The molecule has 0 aromatic heterocycles. The molecule has 1 aromatic rings. The number of halogens is 1. The molecule has 132 valence electrons. The van der Waals surface area contributed by atoms with E-state index in [9.17, 15) is 14.3 Å². The van der Waals surface area contributed by atoms with Crippen LogP contribution < -0.4 is 4.90 Å². The first kappa shape index (κ1) is 17.2. The van der Waals surface area contributed by atoms with Gasteiger partial charge in [-0.05, 0) is 25.3 Å². The second-order valence-electron chi connectivity index (χ2n) is 6.61. The SMILES string of the molecule is CC(=O)N1CCC(O[C@@H]2CCN(c3cccc(CO)c3F)C2)CC1. The number of rotatable bonds is 4. The lowest BCUT2D eigenvalue weighted by Gasteiger charge is -2.32. The van der Waals surface area contributed by atoms with Gasteiger partial charge in [-0.25, -0.2) is 4.39 Å². The van der Waals surface area contributed by atoms with E-state index in [1.165, 1.54) is 0 Å². The molecule has 0 aliphatic carbocycles. The number of carbonyl (C=O) groups is 1. The number of anilines is 1. The van der Waals surface area contributed by atoms with Crippen LogP contribution in [0.2, 0.25) is 0 Å². The zero-order valence-corrected chi connectivity index (χ0v) is 14.1. The Morgan fingerprint density at radius 2 is 1.96 bits per heavy atom. The second kappa shape index (κ2) is 7.49. The van der Waals surface area contributed by atoms with Crippen molar-refractivity contribution in [2.75, 3.05) is 31.1 Å². The zero-order valence-electron chi connectivity index (χ0n) is 14.1. The number of likely N-dealkylation sites (tertiary alicyclic amines) is 1. The Bertz CT molecular complexity index is 588. The first-order valence-electron chi connectivity index (χ1n) is 8.62. The molecule has 0 saturated carbocycles. The van der Waals surface area contributed by atoms with Crippen LogP contribution in [0, 0.1) is 5.82 Å². The molecule has 1 aromatic carbocycles. The van der Waals surface area contributed by atoms with Crippen molar-refractivity contribution in [2.24, 2.45) is 0 Å². The van der Waals surface area contributed by atoms with Gasteiger partial charge < -0.3 is 19.6 Å². The fraction of sp³-hybridized carbons (Fsp3) is 0.611. The molecule has 0 unspecified atom stereocenters. The first-order chi connectivity index (χ1) is 11.6. The van der Waals surface area contributed by atoms with E-state index in [4.69, 9.17) is 4.74 Å². The van der Waals surface area contributed by atoms with Crippen molar-refractivity contribution >= 4 is 11.6 Å². The number of aliphatic hydroxyl groups is 1. The maximum absolute atomic E-state index is 14.3. The van der Waals surface area contributed by atoms with E-state index in [1.54, 1.807) is 25.1 Å². The Kier molecular flexibility index (Phi) is 5.36. The number of aliphatic hydroxyl groups excluding tert-OH is 1. The monoisotopic (exact) mass is 336 g/mol. The largest absolute Gasteiger partial charge is 0.392 e. The van der Waals surface area contributed by atoms with E-state index in [0.717, 1.165) is 38.9 Å². The number of ether oxygens (including phenoxy) is 1. The molecule has 3 rings (SSSR count). The summed E-state index contributed by atoms with van der Waals surface area (Å²) in [6.45, 7) is 4.24. The van der Waals surface area contributed by atoms with Crippen molar-refractivity contribution in [3.8, 4) is 0 Å². The number of hydrogen-bond acceptors (Lipinski definition) is 4. The maximum atomic E-state index is 14.3. The lowest BCUT2D eigenvalue weighted by atomic mass is 10.1. The third-order valence-electron chi connectivity index (χ3n) is 4.99. The molecule has 1 atom stereocenters.